The van der Waals surface area contributed by atoms with Crippen molar-refractivity contribution in [1.29, 1.82) is 0 Å². The molecule has 0 saturated carbocycles. The minimum atomic E-state index is 0.521. The lowest BCUT2D eigenvalue weighted by Gasteiger charge is -1.94. The second-order valence-corrected chi connectivity index (χ2v) is 3.17. The first-order chi connectivity index (χ1) is 5.27. The minimum Gasteiger partial charge on any atom is -0.369 e. The van der Waals surface area contributed by atoms with Crippen LogP contribution < -0.4 is 5.73 Å². The van der Waals surface area contributed by atoms with E-state index in [1.165, 1.54) is 0 Å². The van der Waals surface area contributed by atoms with Crippen LogP contribution in [0.1, 0.15) is 0 Å². The molecule has 0 bridgehead atoms. The Morgan fingerprint density at radius 1 is 1.55 bits per heavy atom. The summed E-state index contributed by atoms with van der Waals surface area (Å²) >= 11 is 3.36. The summed E-state index contributed by atoms with van der Waals surface area (Å²) < 4.78 is 2.86. The topological polar surface area (TPSA) is 43.3 Å². The number of anilines is 1. The van der Waals surface area contributed by atoms with E-state index in [4.69, 9.17) is 5.73 Å². The number of imidazole rings is 1. The summed E-state index contributed by atoms with van der Waals surface area (Å²) in [6.07, 6.45) is 3.61. The molecule has 0 aliphatic heterocycles. The molecule has 0 saturated heterocycles. The van der Waals surface area contributed by atoms with Gasteiger partial charge in [0.05, 0.1) is 11.7 Å². The summed E-state index contributed by atoms with van der Waals surface area (Å²) in [7, 11) is 0. The van der Waals surface area contributed by atoms with Crippen LogP contribution in [0.4, 0.5) is 5.95 Å². The van der Waals surface area contributed by atoms with Crippen molar-refractivity contribution in [2.75, 3.05) is 5.73 Å². The van der Waals surface area contributed by atoms with E-state index in [9.17, 15) is 0 Å². The summed E-state index contributed by atoms with van der Waals surface area (Å²) in [6, 6.07) is 3.88. The van der Waals surface area contributed by atoms with Gasteiger partial charge in [0.15, 0.2) is 0 Å². The lowest BCUT2D eigenvalue weighted by Crippen LogP contribution is -1.92. The first kappa shape index (κ1) is 6.67. The zero-order valence-corrected chi connectivity index (χ0v) is 7.25. The summed E-state index contributed by atoms with van der Waals surface area (Å²) in [5.41, 5.74) is 6.56. The van der Waals surface area contributed by atoms with Gasteiger partial charge in [0.2, 0.25) is 5.95 Å². The Hall–Kier alpha value is -1.03. The molecule has 0 unspecified atom stereocenters. The molecule has 0 amide bonds. The average molecular weight is 212 g/mol. The molecular weight excluding hydrogens is 206 g/mol. The van der Waals surface area contributed by atoms with Crippen molar-refractivity contribution >= 4 is 27.4 Å². The summed E-state index contributed by atoms with van der Waals surface area (Å²) in [5.74, 6) is 0.521. The molecule has 0 atom stereocenters. The fourth-order valence-corrected chi connectivity index (χ4v) is 1.35. The summed E-state index contributed by atoms with van der Waals surface area (Å²) in [5, 5.41) is 0. The maximum atomic E-state index is 5.56. The number of hydrogen-bond donors (Lipinski definition) is 1. The van der Waals surface area contributed by atoms with E-state index in [0.717, 1.165) is 9.99 Å². The van der Waals surface area contributed by atoms with E-state index in [1.807, 2.05) is 22.7 Å². The second-order valence-electron chi connectivity index (χ2n) is 2.26. The number of fused-ring (bicyclic) bond motifs is 1. The van der Waals surface area contributed by atoms with Gasteiger partial charge in [0.25, 0.3) is 0 Å². The van der Waals surface area contributed by atoms with E-state index in [1.54, 1.807) is 6.20 Å². The normalized spacial score (nSPS) is 10.6. The van der Waals surface area contributed by atoms with E-state index >= 15 is 0 Å². The number of pyridine rings is 1. The van der Waals surface area contributed by atoms with Gasteiger partial charge in [0.1, 0.15) is 0 Å². The fraction of sp³-hybridized carbons (Fsp3) is 0. The van der Waals surface area contributed by atoms with E-state index in [-0.39, 0.29) is 0 Å². The molecular formula is C7H6BrN3. The van der Waals surface area contributed by atoms with Crippen LogP contribution in [0.3, 0.4) is 0 Å². The maximum absolute atomic E-state index is 5.56. The van der Waals surface area contributed by atoms with Crippen LogP contribution in [0.25, 0.3) is 5.52 Å². The molecule has 0 radical (unpaired) electrons. The molecule has 56 valence electrons. The Morgan fingerprint density at radius 2 is 2.36 bits per heavy atom. The predicted molar refractivity (Wildman–Crippen MR) is 47.3 cm³/mol. The highest BCUT2D eigenvalue weighted by molar-refractivity contribution is 9.10. The van der Waals surface area contributed by atoms with E-state index in [2.05, 4.69) is 20.9 Å². The van der Waals surface area contributed by atoms with Crippen LogP contribution in [-0.2, 0) is 0 Å². The van der Waals surface area contributed by atoms with Gasteiger partial charge in [-0.05, 0) is 12.1 Å². The summed E-state index contributed by atoms with van der Waals surface area (Å²) in [4.78, 5) is 3.96. The van der Waals surface area contributed by atoms with Crippen molar-refractivity contribution in [3.05, 3.63) is 29.0 Å². The van der Waals surface area contributed by atoms with Crippen molar-refractivity contribution in [1.82, 2.24) is 9.38 Å². The lowest BCUT2D eigenvalue weighted by atomic mass is 10.4. The zero-order valence-electron chi connectivity index (χ0n) is 5.66. The van der Waals surface area contributed by atoms with Gasteiger partial charge in [-0.2, -0.15) is 0 Å². The molecule has 2 aromatic heterocycles. The minimum absolute atomic E-state index is 0.521. The number of nitrogens with two attached hydrogens (primary N) is 1. The molecule has 0 spiro atoms. The van der Waals surface area contributed by atoms with Crippen LogP contribution in [0.2, 0.25) is 0 Å². The SMILES string of the molecule is Nc1ncc2cc(Br)ccn12. The van der Waals surface area contributed by atoms with Gasteiger partial charge in [-0.25, -0.2) is 4.98 Å². The van der Waals surface area contributed by atoms with Crippen molar-refractivity contribution in [3.63, 3.8) is 0 Å². The standard InChI is InChI=1S/C7H6BrN3/c8-5-1-2-11-6(3-5)4-10-7(11)9/h1-4H,(H2,9,10). The van der Waals surface area contributed by atoms with Gasteiger partial charge in [0, 0.05) is 10.7 Å². The number of nitrogen functional groups attached to an aromatic ring is 1. The van der Waals surface area contributed by atoms with Crippen molar-refractivity contribution in [2.24, 2.45) is 0 Å². The van der Waals surface area contributed by atoms with Crippen LogP contribution in [-0.4, -0.2) is 9.38 Å². The van der Waals surface area contributed by atoms with Gasteiger partial charge in [-0.15, -0.1) is 0 Å². The Labute approximate surface area is 72.0 Å². The van der Waals surface area contributed by atoms with Gasteiger partial charge >= 0.3 is 0 Å². The Morgan fingerprint density at radius 3 is 3.18 bits per heavy atom. The third-order valence-corrected chi connectivity index (χ3v) is 2.02. The molecule has 0 fully saturated rings. The number of hydrogen-bond acceptors (Lipinski definition) is 2. The van der Waals surface area contributed by atoms with E-state index < -0.39 is 0 Å². The van der Waals surface area contributed by atoms with Crippen LogP contribution >= 0.6 is 15.9 Å². The second kappa shape index (κ2) is 2.23. The van der Waals surface area contributed by atoms with Crippen molar-refractivity contribution in [2.45, 2.75) is 0 Å². The van der Waals surface area contributed by atoms with Crippen LogP contribution in [0.15, 0.2) is 29.0 Å². The number of rotatable bonds is 0. The quantitative estimate of drug-likeness (QED) is 0.721. The summed E-state index contributed by atoms with van der Waals surface area (Å²) in [6.45, 7) is 0. The smallest absolute Gasteiger partial charge is 0.204 e. The molecule has 2 heterocycles. The van der Waals surface area contributed by atoms with Gasteiger partial charge < -0.3 is 5.73 Å². The zero-order chi connectivity index (χ0) is 7.84. The van der Waals surface area contributed by atoms with Crippen LogP contribution in [0, 0.1) is 0 Å². The highest BCUT2D eigenvalue weighted by Gasteiger charge is 1.97. The molecule has 4 heteroatoms. The first-order valence-electron chi connectivity index (χ1n) is 3.15. The first-order valence-corrected chi connectivity index (χ1v) is 3.95. The highest BCUT2D eigenvalue weighted by atomic mass is 79.9. The third-order valence-electron chi connectivity index (χ3n) is 1.52. The molecule has 3 nitrogen and oxygen atoms in total. The van der Waals surface area contributed by atoms with Crippen LogP contribution in [0.5, 0.6) is 0 Å². The van der Waals surface area contributed by atoms with Crippen molar-refractivity contribution < 1.29 is 0 Å². The largest absolute Gasteiger partial charge is 0.369 e. The number of halogens is 1. The van der Waals surface area contributed by atoms with Gasteiger partial charge in [-0.3, -0.25) is 4.40 Å². The maximum Gasteiger partial charge on any atom is 0.204 e. The lowest BCUT2D eigenvalue weighted by molar-refractivity contribution is 1.17. The molecule has 2 rings (SSSR count). The molecule has 0 aliphatic carbocycles. The molecule has 11 heavy (non-hydrogen) atoms. The molecule has 0 aliphatic rings. The molecule has 2 N–H and O–H groups in total. The third kappa shape index (κ3) is 0.991. The fourth-order valence-electron chi connectivity index (χ4n) is 0.993. The number of aromatic nitrogens is 2. The number of nitrogens with zero attached hydrogens (tertiary/aromatic N) is 2. The van der Waals surface area contributed by atoms with Gasteiger partial charge in [-0.1, -0.05) is 15.9 Å². The predicted octanol–water partition coefficient (Wildman–Crippen LogP) is 1.68. The Kier molecular flexibility index (Phi) is 1.35. The van der Waals surface area contributed by atoms with Crippen molar-refractivity contribution in [3.8, 4) is 0 Å². The molecule has 0 aromatic carbocycles. The average Bonchev–Trinajstić information content (AvgIpc) is 2.32. The Bertz CT molecular complexity index is 393. The van der Waals surface area contributed by atoms with E-state index in [0.29, 0.717) is 5.95 Å². The monoisotopic (exact) mass is 211 g/mol. The highest BCUT2D eigenvalue weighted by Crippen LogP contribution is 2.14. The molecule has 2 aromatic rings. The Balaban J connectivity index is 2.86.